The zero-order valence-electron chi connectivity index (χ0n) is 10.3. The third kappa shape index (κ3) is 4.23. The van der Waals surface area contributed by atoms with Crippen molar-refractivity contribution in [3.8, 4) is 17.6 Å². The van der Waals surface area contributed by atoms with E-state index in [2.05, 4.69) is 11.4 Å². The van der Waals surface area contributed by atoms with Gasteiger partial charge in [0.1, 0.15) is 0 Å². The zero-order chi connectivity index (χ0) is 12.5. The summed E-state index contributed by atoms with van der Waals surface area (Å²) in [6.07, 6.45) is 2.53. The van der Waals surface area contributed by atoms with E-state index in [1.807, 2.05) is 18.2 Å². The molecule has 1 rings (SSSR count). The van der Waals surface area contributed by atoms with Crippen LogP contribution < -0.4 is 14.8 Å². The highest BCUT2D eigenvalue weighted by Gasteiger charge is 2.03. The molecule has 0 atom stereocenters. The minimum atomic E-state index is 0.619. The normalized spacial score (nSPS) is 9.47. The Bertz CT molecular complexity index is 385. The number of nitrogens with zero attached hydrogens (tertiary/aromatic N) is 1. The predicted molar refractivity (Wildman–Crippen MR) is 67.5 cm³/mol. The molecule has 0 aliphatic rings. The minimum Gasteiger partial charge on any atom is -0.493 e. The maximum atomic E-state index is 8.41. The van der Waals surface area contributed by atoms with Crippen molar-refractivity contribution in [3.63, 3.8) is 0 Å². The van der Waals surface area contributed by atoms with E-state index >= 15 is 0 Å². The summed E-state index contributed by atoms with van der Waals surface area (Å²) in [5.41, 5.74) is 1.000. The van der Waals surface area contributed by atoms with Crippen molar-refractivity contribution in [1.82, 2.24) is 0 Å². The van der Waals surface area contributed by atoms with Gasteiger partial charge in [-0.15, -0.1) is 0 Å². The highest BCUT2D eigenvalue weighted by molar-refractivity contribution is 5.54. The van der Waals surface area contributed by atoms with Crippen molar-refractivity contribution in [1.29, 1.82) is 5.26 Å². The number of benzene rings is 1. The number of nitriles is 1. The third-order valence-corrected chi connectivity index (χ3v) is 2.43. The Hall–Kier alpha value is -1.89. The van der Waals surface area contributed by atoms with E-state index in [-0.39, 0.29) is 0 Å². The lowest BCUT2D eigenvalue weighted by molar-refractivity contribution is 0.355. The van der Waals surface area contributed by atoms with Crippen molar-refractivity contribution in [2.45, 2.75) is 19.3 Å². The van der Waals surface area contributed by atoms with Crippen molar-refractivity contribution in [2.75, 3.05) is 26.1 Å². The summed E-state index contributed by atoms with van der Waals surface area (Å²) in [6.45, 7) is 0.858. The van der Waals surface area contributed by atoms with E-state index in [9.17, 15) is 0 Å². The number of ether oxygens (including phenoxy) is 2. The molecule has 1 aromatic carbocycles. The summed E-state index contributed by atoms with van der Waals surface area (Å²) in [5, 5.41) is 11.7. The smallest absolute Gasteiger partial charge is 0.162 e. The molecule has 17 heavy (non-hydrogen) atoms. The fraction of sp³-hybridized carbons (Fsp3) is 0.462. The first-order chi connectivity index (χ1) is 8.31. The lowest BCUT2D eigenvalue weighted by atomic mass is 10.2. The molecular formula is C13H18N2O2. The first-order valence-corrected chi connectivity index (χ1v) is 5.64. The largest absolute Gasteiger partial charge is 0.493 e. The van der Waals surface area contributed by atoms with Gasteiger partial charge in [-0.05, 0) is 25.0 Å². The van der Waals surface area contributed by atoms with E-state index in [1.54, 1.807) is 14.2 Å². The molecule has 0 aliphatic carbocycles. The van der Waals surface area contributed by atoms with Gasteiger partial charge in [0, 0.05) is 24.7 Å². The number of hydrogen-bond donors (Lipinski definition) is 1. The molecular weight excluding hydrogens is 216 g/mol. The molecule has 0 fully saturated rings. The Morgan fingerprint density at radius 3 is 2.59 bits per heavy atom. The van der Waals surface area contributed by atoms with Crippen LogP contribution in [-0.4, -0.2) is 20.8 Å². The van der Waals surface area contributed by atoms with Crippen molar-refractivity contribution in [3.05, 3.63) is 18.2 Å². The highest BCUT2D eigenvalue weighted by Crippen LogP contribution is 2.29. The summed E-state index contributed by atoms with van der Waals surface area (Å²) >= 11 is 0. The number of methoxy groups -OCH3 is 2. The predicted octanol–water partition coefficient (Wildman–Crippen LogP) is 2.81. The van der Waals surface area contributed by atoms with Gasteiger partial charge in [0.25, 0.3) is 0 Å². The fourth-order valence-corrected chi connectivity index (χ4v) is 1.51. The SMILES string of the molecule is COc1ccc(NCCCCC#N)cc1OC. The van der Waals surface area contributed by atoms with Crippen LogP contribution >= 0.6 is 0 Å². The van der Waals surface area contributed by atoms with Gasteiger partial charge in [0.15, 0.2) is 11.5 Å². The molecule has 0 aliphatic heterocycles. The lowest BCUT2D eigenvalue weighted by Crippen LogP contribution is -2.01. The van der Waals surface area contributed by atoms with Crippen molar-refractivity contribution in [2.24, 2.45) is 0 Å². The first-order valence-electron chi connectivity index (χ1n) is 5.64. The van der Waals surface area contributed by atoms with Crippen LogP contribution in [0.25, 0.3) is 0 Å². The van der Waals surface area contributed by atoms with Crippen LogP contribution in [-0.2, 0) is 0 Å². The molecule has 1 aromatic rings. The van der Waals surface area contributed by atoms with Gasteiger partial charge >= 0.3 is 0 Å². The van der Waals surface area contributed by atoms with Gasteiger partial charge < -0.3 is 14.8 Å². The standard InChI is InChI=1S/C13H18N2O2/c1-16-12-7-6-11(10-13(12)17-2)15-9-5-3-4-8-14/h6-7,10,15H,3-5,9H2,1-2H3. The molecule has 0 unspecified atom stereocenters. The van der Waals surface area contributed by atoms with E-state index < -0.39 is 0 Å². The van der Waals surface area contributed by atoms with Gasteiger partial charge in [-0.25, -0.2) is 0 Å². The van der Waals surface area contributed by atoms with Gasteiger partial charge in [-0.1, -0.05) is 0 Å². The molecule has 0 heterocycles. The summed E-state index contributed by atoms with van der Waals surface area (Å²) in [5.74, 6) is 1.44. The Labute approximate surface area is 102 Å². The quantitative estimate of drug-likeness (QED) is 0.737. The van der Waals surface area contributed by atoms with Crippen LogP contribution in [0.2, 0.25) is 0 Å². The maximum absolute atomic E-state index is 8.41. The average Bonchev–Trinajstić information content (AvgIpc) is 2.38. The summed E-state index contributed by atoms with van der Waals surface area (Å²) in [6, 6.07) is 7.86. The number of unbranched alkanes of at least 4 members (excludes halogenated alkanes) is 2. The van der Waals surface area contributed by atoms with Crippen LogP contribution in [0.1, 0.15) is 19.3 Å². The van der Waals surface area contributed by atoms with E-state index in [1.165, 1.54) is 0 Å². The second-order valence-corrected chi connectivity index (χ2v) is 3.61. The molecule has 1 N–H and O–H groups in total. The van der Waals surface area contributed by atoms with Crippen LogP contribution in [0, 0.1) is 11.3 Å². The van der Waals surface area contributed by atoms with Crippen molar-refractivity contribution >= 4 is 5.69 Å². The topological polar surface area (TPSA) is 54.3 Å². The fourth-order valence-electron chi connectivity index (χ4n) is 1.51. The zero-order valence-corrected chi connectivity index (χ0v) is 10.3. The van der Waals surface area contributed by atoms with Crippen LogP contribution in [0.3, 0.4) is 0 Å². The molecule has 0 spiro atoms. The van der Waals surface area contributed by atoms with Crippen molar-refractivity contribution < 1.29 is 9.47 Å². The van der Waals surface area contributed by atoms with Crippen LogP contribution in [0.15, 0.2) is 18.2 Å². The number of nitrogens with one attached hydrogen (secondary N) is 1. The first kappa shape index (κ1) is 13.2. The maximum Gasteiger partial charge on any atom is 0.162 e. The van der Waals surface area contributed by atoms with E-state index in [0.29, 0.717) is 6.42 Å². The molecule has 92 valence electrons. The summed E-state index contributed by atoms with van der Waals surface area (Å²) < 4.78 is 10.4. The van der Waals surface area contributed by atoms with Crippen LogP contribution in [0.4, 0.5) is 5.69 Å². The van der Waals surface area contributed by atoms with Crippen LogP contribution in [0.5, 0.6) is 11.5 Å². The monoisotopic (exact) mass is 234 g/mol. The number of hydrogen-bond acceptors (Lipinski definition) is 4. The average molecular weight is 234 g/mol. The molecule has 0 bridgehead atoms. The molecule has 4 heteroatoms. The summed E-state index contributed by atoms with van der Waals surface area (Å²) in [7, 11) is 3.24. The molecule has 0 saturated carbocycles. The Kier molecular flexibility index (Phi) is 5.73. The van der Waals surface area contributed by atoms with E-state index in [0.717, 1.165) is 36.6 Å². The second kappa shape index (κ2) is 7.39. The van der Waals surface area contributed by atoms with Gasteiger partial charge in [0.05, 0.1) is 20.3 Å². The summed E-state index contributed by atoms with van der Waals surface area (Å²) in [4.78, 5) is 0. The Balaban J connectivity index is 2.46. The second-order valence-electron chi connectivity index (χ2n) is 3.61. The Morgan fingerprint density at radius 2 is 1.94 bits per heavy atom. The molecule has 0 amide bonds. The third-order valence-electron chi connectivity index (χ3n) is 2.43. The number of rotatable bonds is 7. The number of anilines is 1. The lowest BCUT2D eigenvalue weighted by Gasteiger charge is -2.10. The van der Waals surface area contributed by atoms with Gasteiger partial charge in [-0.2, -0.15) is 5.26 Å². The van der Waals surface area contributed by atoms with Gasteiger partial charge in [0.2, 0.25) is 0 Å². The minimum absolute atomic E-state index is 0.619. The Morgan fingerprint density at radius 1 is 1.18 bits per heavy atom. The highest BCUT2D eigenvalue weighted by atomic mass is 16.5. The molecule has 0 saturated heterocycles. The van der Waals surface area contributed by atoms with Gasteiger partial charge in [-0.3, -0.25) is 0 Å². The van der Waals surface area contributed by atoms with E-state index in [4.69, 9.17) is 14.7 Å². The molecule has 0 aromatic heterocycles. The molecule has 0 radical (unpaired) electrons. The molecule has 4 nitrogen and oxygen atoms in total.